The van der Waals surface area contributed by atoms with Crippen LogP contribution in [0.5, 0.6) is 5.75 Å². The number of hydrogen-bond donors (Lipinski definition) is 1. The van der Waals surface area contributed by atoms with Crippen LogP contribution in [0, 0.1) is 10.1 Å². The number of nitro groups is 1. The summed E-state index contributed by atoms with van der Waals surface area (Å²) in [5, 5.41) is 10.5. The third-order valence-corrected chi connectivity index (χ3v) is 2.68. The maximum Gasteiger partial charge on any atom is 0.273 e. The molecule has 0 saturated heterocycles. The van der Waals surface area contributed by atoms with E-state index in [9.17, 15) is 18.5 Å². The van der Waals surface area contributed by atoms with Gasteiger partial charge in [-0.25, -0.2) is 13.1 Å². The maximum atomic E-state index is 10.9. The zero-order chi connectivity index (χ0) is 13.1. The number of nitro benzene ring substituents is 1. The van der Waals surface area contributed by atoms with Crippen LogP contribution in [-0.4, -0.2) is 26.7 Å². The first-order valence-corrected chi connectivity index (χ1v) is 6.48. The normalized spacial score (nSPS) is 11.2. The number of sulfonamides is 1. The quantitative estimate of drug-likeness (QED) is 0.619. The molecule has 0 aliphatic carbocycles. The molecule has 17 heavy (non-hydrogen) atoms. The summed E-state index contributed by atoms with van der Waals surface area (Å²) in [6, 6.07) is 4.00. The van der Waals surface area contributed by atoms with E-state index in [-0.39, 0.29) is 18.0 Å². The molecule has 0 unspecified atom stereocenters. The van der Waals surface area contributed by atoms with Gasteiger partial charge in [-0.2, -0.15) is 0 Å². The van der Waals surface area contributed by atoms with Crippen molar-refractivity contribution in [2.75, 3.05) is 13.4 Å². The summed E-state index contributed by atoms with van der Waals surface area (Å²) in [7, 11) is -1.95. The number of hydrogen-bond acceptors (Lipinski definition) is 5. The predicted molar refractivity (Wildman–Crippen MR) is 61.3 cm³/mol. The van der Waals surface area contributed by atoms with E-state index < -0.39 is 14.9 Å². The molecule has 0 spiro atoms. The Morgan fingerprint density at radius 1 is 1.47 bits per heavy atom. The lowest BCUT2D eigenvalue weighted by Gasteiger charge is -2.08. The van der Waals surface area contributed by atoms with Crippen molar-refractivity contribution in [3.63, 3.8) is 0 Å². The first-order chi connectivity index (χ1) is 7.83. The van der Waals surface area contributed by atoms with E-state index in [1.807, 2.05) is 0 Å². The van der Waals surface area contributed by atoms with E-state index in [0.29, 0.717) is 5.56 Å². The van der Waals surface area contributed by atoms with Gasteiger partial charge in [0, 0.05) is 18.2 Å². The van der Waals surface area contributed by atoms with Crippen LogP contribution in [0.1, 0.15) is 5.56 Å². The monoisotopic (exact) mass is 260 g/mol. The van der Waals surface area contributed by atoms with E-state index in [1.165, 1.54) is 25.3 Å². The fourth-order valence-electron chi connectivity index (χ4n) is 1.20. The molecular formula is C9H12N2O5S. The highest BCUT2D eigenvalue weighted by Gasteiger charge is 2.12. The smallest absolute Gasteiger partial charge is 0.273 e. The van der Waals surface area contributed by atoms with Crippen molar-refractivity contribution in [3.05, 3.63) is 33.9 Å². The predicted octanol–water partition coefficient (Wildman–Crippen LogP) is 0.653. The molecule has 94 valence electrons. The van der Waals surface area contributed by atoms with Crippen LogP contribution >= 0.6 is 0 Å². The van der Waals surface area contributed by atoms with Crippen molar-refractivity contribution in [1.29, 1.82) is 0 Å². The van der Waals surface area contributed by atoms with Crippen molar-refractivity contribution < 1.29 is 18.1 Å². The van der Waals surface area contributed by atoms with Crippen molar-refractivity contribution in [1.82, 2.24) is 4.72 Å². The van der Waals surface area contributed by atoms with E-state index in [4.69, 9.17) is 4.74 Å². The molecule has 1 rings (SSSR count). The average molecular weight is 260 g/mol. The molecule has 0 aliphatic heterocycles. The third-order valence-electron chi connectivity index (χ3n) is 2.01. The third kappa shape index (κ3) is 4.00. The Bertz CT molecular complexity index is 526. The molecular weight excluding hydrogens is 248 g/mol. The Labute approximate surface area is 98.6 Å². The van der Waals surface area contributed by atoms with E-state index in [1.54, 1.807) is 0 Å². The molecule has 0 fully saturated rings. The van der Waals surface area contributed by atoms with E-state index in [0.717, 1.165) is 6.26 Å². The van der Waals surface area contributed by atoms with Gasteiger partial charge >= 0.3 is 0 Å². The van der Waals surface area contributed by atoms with Crippen molar-refractivity contribution in [3.8, 4) is 5.75 Å². The zero-order valence-electron chi connectivity index (χ0n) is 9.34. The number of nitrogens with one attached hydrogen (secondary N) is 1. The molecule has 0 amide bonds. The topological polar surface area (TPSA) is 98.5 Å². The van der Waals surface area contributed by atoms with Gasteiger partial charge in [0.05, 0.1) is 24.4 Å². The minimum absolute atomic E-state index is 0.0278. The van der Waals surface area contributed by atoms with E-state index in [2.05, 4.69) is 4.72 Å². The Morgan fingerprint density at radius 3 is 2.59 bits per heavy atom. The molecule has 0 radical (unpaired) electrons. The van der Waals surface area contributed by atoms with Gasteiger partial charge in [0.15, 0.2) is 0 Å². The summed E-state index contributed by atoms with van der Waals surface area (Å²) >= 11 is 0. The Hall–Kier alpha value is -1.67. The molecule has 8 heteroatoms. The number of ether oxygens (including phenoxy) is 1. The van der Waals surface area contributed by atoms with Crippen molar-refractivity contribution >= 4 is 15.7 Å². The highest BCUT2D eigenvalue weighted by atomic mass is 32.2. The standard InChI is InChI=1S/C9H12N2O5S/c1-16-9-5-8(11(12)13)4-3-7(9)6-10-17(2,14)15/h3-5,10H,6H2,1-2H3. The second-order valence-corrected chi connectivity index (χ2v) is 5.18. The fourth-order valence-corrected chi connectivity index (χ4v) is 1.62. The lowest BCUT2D eigenvalue weighted by Crippen LogP contribution is -2.21. The first kappa shape index (κ1) is 13.4. The number of benzene rings is 1. The summed E-state index contributed by atoms with van der Waals surface area (Å²) in [6.45, 7) is 0.0278. The molecule has 1 N–H and O–H groups in total. The Balaban J connectivity index is 2.97. The molecule has 0 saturated carbocycles. The lowest BCUT2D eigenvalue weighted by molar-refractivity contribution is -0.384. The summed E-state index contributed by atoms with van der Waals surface area (Å²) < 4.78 is 29.1. The van der Waals surface area contributed by atoms with Crippen molar-refractivity contribution in [2.45, 2.75) is 6.54 Å². The molecule has 7 nitrogen and oxygen atoms in total. The van der Waals surface area contributed by atoms with Crippen LogP contribution in [0.2, 0.25) is 0 Å². The van der Waals surface area contributed by atoms with Crippen molar-refractivity contribution in [2.24, 2.45) is 0 Å². The largest absolute Gasteiger partial charge is 0.496 e. The first-order valence-electron chi connectivity index (χ1n) is 4.59. The fraction of sp³-hybridized carbons (Fsp3) is 0.333. The SMILES string of the molecule is COc1cc([N+](=O)[O-])ccc1CNS(C)(=O)=O. The number of nitrogens with zero attached hydrogens (tertiary/aromatic N) is 1. The molecule has 0 heterocycles. The highest BCUT2D eigenvalue weighted by Crippen LogP contribution is 2.24. The summed E-state index contributed by atoms with van der Waals surface area (Å²) in [4.78, 5) is 9.99. The molecule has 1 aromatic carbocycles. The second-order valence-electron chi connectivity index (χ2n) is 3.35. The number of rotatable bonds is 5. The number of methoxy groups -OCH3 is 1. The molecule has 1 aromatic rings. The van der Waals surface area contributed by atoms with Gasteiger partial charge in [-0.15, -0.1) is 0 Å². The maximum absolute atomic E-state index is 10.9. The summed E-state index contributed by atoms with van der Waals surface area (Å²) in [5.41, 5.74) is 0.425. The van der Waals surface area contributed by atoms with Crippen LogP contribution in [0.25, 0.3) is 0 Å². The van der Waals surface area contributed by atoms with Gasteiger partial charge in [-0.3, -0.25) is 10.1 Å². The Morgan fingerprint density at radius 2 is 2.12 bits per heavy atom. The highest BCUT2D eigenvalue weighted by molar-refractivity contribution is 7.88. The minimum atomic E-state index is -3.31. The van der Waals surface area contributed by atoms with Gasteiger partial charge in [0.2, 0.25) is 10.0 Å². The Kier molecular flexibility index (Phi) is 4.02. The van der Waals surface area contributed by atoms with E-state index >= 15 is 0 Å². The van der Waals surface area contributed by atoms with Crippen LogP contribution in [0.3, 0.4) is 0 Å². The van der Waals surface area contributed by atoms with Crippen LogP contribution < -0.4 is 9.46 Å². The van der Waals surface area contributed by atoms with Crippen LogP contribution in [-0.2, 0) is 16.6 Å². The minimum Gasteiger partial charge on any atom is -0.496 e. The average Bonchev–Trinajstić information content (AvgIpc) is 2.24. The lowest BCUT2D eigenvalue weighted by atomic mass is 10.2. The van der Waals surface area contributed by atoms with Gasteiger partial charge in [0.25, 0.3) is 5.69 Å². The molecule has 0 aromatic heterocycles. The van der Waals surface area contributed by atoms with Crippen LogP contribution in [0.4, 0.5) is 5.69 Å². The summed E-state index contributed by atoms with van der Waals surface area (Å²) in [6.07, 6.45) is 1.03. The number of non-ortho nitro benzene ring substituents is 1. The molecule has 0 aliphatic rings. The van der Waals surface area contributed by atoms with Gasteiger partial charge < -0.3 is 4.74 Å². The van der Waals surface area contributed by atoms with Gasteiger partial charge in [-0.05, 0) is 6.07 Å². The van der Waals surface area contributed by atoms with Gasteiger partial charge in [0.1, 0.15) is 5.75 Å². The zero-order valence-corrected chi connectivity index (χ0v) is 10.2. The molecule has 0 bridgehead atoms. The molecule has 0 atom stereocenters. The van der Waals surface area contributed by atoms with Gasteiger partial charge in [-0.1, -0.05) is 0 Å². The van der Waals surface area contributed by atoms with Crippen LogP contribution in [0.15, 0.2) is 18.2 Å². The second kappa shape index (κ2) is 5.11. The summed E-state index contributed by atoms with van der Waals surface area (Å²) in [5.74, 6) is 0.273.